The van der Waals surface area contributed by atoms with Crippen molar-refractivity contribution in [3.63, 3.8) is 0 Å². The maximum absolute atomic E-state index is 12.9. The number of nitrogens with one attached hydrogen (secondary N) is 5. The van der Waals surface area contributed by atoms with E-state index in [0.717, 1.165) is 81.1 Å². The molecule has 0 aliphatic carbocycles. The van der Waals surface area contributed by atoms with Crippen molar-refractivity contribution in [2.24, 2.45) is 17.8 Å². The van der Waals surface area contributed by atoms with Crippen LogP contribution in [0.15, 0.2) is 182 Å². The molecule has 0 saturated carbocycles. The molecule has 3 fully saturated rings. The summed E-state index contributed by atoms with van der Waals surface area (Å²) in [5.74, 6) is -2.82. The quantitative estimate of drug-likeness (QED) is 0.00452. The summed E-state index contributed by atoms with van der Waals surface area (Å²) in [6.07, 6.45) is 5.70. The maximum atomic E-state index is 12.9. The van der Waals surface area contributed by atoms with Crippen LogP contribution in [0.1, 0.15) is 149 Å². The van der Waals surface area contributed by atoms with Gasteiger partial charge in [0.15, 0.2) is 0 Å². The Hall–Kier alpha value is -8.71. The van der Waals surface area contributed by atoms with Crippen molar-refractivity contribution in [1.29, 1.82) is 16.8 Å². The summed E-state index contributed by atoms with van der Waals surface area (Å²) in [7, 11) is 0. The number of ether oxygens (including phenoxy) is 7. The number of rotatable bonds is 16. The van der Waals surface area contributed by atoms with E-state index in [0.29, 0.717) is 38.0 Å². The number of aliphatic carboxylic acids is 2. The predicted molar refractivity (Wildman–Crippen MR) is 433 cm³/mol. The van der Waals surface area contributed by atoms with Crippen molar-refractivity contribution in [1.82, 2.24) is 15.5 Å². The molecule has 6 aromatic carbocycles. The van der Waals surface area contributed by atoms with Crippen LogP contribution in [0.5, 0.6) is 0 Å². The fourth-order valence-corrected chi connectivity index (χ4v) is 10.5. The summed E-state index contributed by atoms with van der Waals surface area (Å²) in [5, 5.41) is 29.9. The third-order valence-electron chi connectivity index (χ3n) is 15.1. The molecular weight excluding hydrogens is 1690 g/mol. The number of carboxylic acid groups (broad SMARTS) is 2. The molecule has 3 aliphatic rings. The number of carbonyl (C=O) groups excluding carboxylic acids is 7. The molecule has 0 radical (unpaired) electrons. The zero-order chi connectivity index (χ0) is 82.2. The molecule has 3 aliphatic heterocycles. The van der Waals surface area contributed by atoms with E-state index < -0.39 is 53.2 Å². The first-order valence-electron chi connectivity index (χ1n) is 34.3. The number of carboxylic acids is 2. The van der Waals surface area contributed by atoms with Gasteiger partial charge in [-0.05, 0) is 184 Å². The van der Waals surface area contributed by atoms with Gasteiger partial charge in [0.1, 0.15) is 54.7 Å². The molecule has 7 N–H and O–H groups in total. The first-order valence-corrected chi connectivity index (χ1v) is 40.6. The number of nitroso groups, excluding NO2 is 3. The summed E-state index contributed by atoms with van der Waals surface area (Å²) in [6.45, 7) is 18.5. The van der Waals surface area contributed by atoms with Crippen molar-refractivity contribution in [2.45, 2.75) is 190 Å². The molecule has 0 spiro atoms. The second-order valence-corrected chi connectivity index (χ2v) is 27.1. The molecule has 0 aromatic heterocycles. The Labute approximate surface area is 702 Å². The SMILES string of the molecule is C.C.CC(C)(C)OC(=O)N1C[C@H](Cc2ccccc2)CC[C@H]1C(=O)OCc1ccccc1.CC(C)(C)OC(=O)OC(=O)OC(C)(C)C.II.N=O.N=O.N=O.O=C(O)C(=O)O.O=C(OCc1ccccc1)[C@@H]1CC[C@@H](Cc2ccccc2)CN1.O=C(OCc1ccccc1)[C@@H]1CC[C@@H](Cc2ccccc2)CN1.O=CO[O-].[Na+]. The molecule has 6 atom stereocenters. The zero-order valence-electron chi connectivity index (χ0n) is 63.6. The summed E-state index contributed by atoms with van der Waals surface area (Å²) >= 11 is 4.24. The van der Waals surface area contributed by atoms with Crippen LogP contribution in [0.25, 0.3) is 0 Å². The van der Waals surface area contributed by atoms with Gasteiger partial charge in [0.05, 0.1) is 0 Å². The van der Waals surface area contributed by atoms with Crippen molar-refractivity contribution >= 4 is 92.0 Å². The zero-order valence-corrected chi connectivity index (χ0v) is 70.0. The Bertz CT molecular complexity index is 3350. The molecule has 29 nitrogen and oxygen atoms in total. The summed E-state index contributed by atoms with van der Waals surface area (Å²) in [5.41, 5.74) is 18.4. The van der Waals surface area contributed by atoms with Gasteiger partial charge < -0.3 is 64.1 Å². The number of hydrogen-bond acceptors (Lipinski definition) is 26. The fourth-order valence-electron chi connectivity index (χ4n) is 10.5. The van der Waals surface area contributed by atoms with Gasteiger partial charge in [0.25, 0.3) is 6.47 Å². The van der Waals surface area contributed by atoms with Gasteiger partial charge in [0.2, 0.25) is 0 Å². The van der Waals surface area contributed by atoms with Crippen LogP contribution in [0.3, 0.4) is 0 Å². The second-order valence-electron chi connectivity index (χ2n) is 27.1. The Morgan fingerprint density at radius 3 is 0.946 bits per heavy atom. The van der Waals surface area contributed by atoms with Crippen molar-refractivity contribution in [3.05, 3.63) is 230 Å². The smallest absolute Gasteiger partial charge is 0.662 e. The van der Waals surface area contributed by atoms with Crippen molar-refractivity contribution < 1.29 is 126 Å². The Kier molecular flexibility index (Phi) is 62.4. The van der Waals surface area contributed by atoms with E-state index in [1.165, 1.54) is 16.7 Å². The topological polar surface area (TPSA) is 441 Å². The van der Waals surface area contributed by atoms with Gasteiger partial charge in [0, 0.05) is 43.8 Å². The van der Waals surface area contributed by atoms with E-state index in [1.807, 2.05) is 142 Å². The Morgan fingerprint density at radius 2 is 0.696 bits per heavy atom. The minimum absolute atomic E-state index is 0. The van der Waals surface area contributed by atoms with Crippen LogP contribution in [0.4, 0.5) is 14.4 Å². The first-order chi connectivity index (χ1) is 52.0. The second kappa shape index (κ2) is 63.8. The molecule has 1 amide bonds. The number of halogens is 2. The largest absolute Gasteiger partial charge is 1.00 e. The third-order valence-corrected chi connectivity index (χ3v) is 15.1. The Morgan fingerprint density at radius 1 is 0.438 bits per heavy atom. The molecular formula is C80H109I2N6NaO23. The molecule has 9 rings (SSSR count). The van der Waals surface area contributed by atoms with E-state index >= 15 is 0 Å². The number of likely N-dealkylation sites (tertiary alicyclic amines) is 1. The van der Waals surface area contributed by atoms with Crippen LogP contribution in [0, 0.1) is 49.3 Å². The first kappa shape index (κ1) is 110. The van der Waals surface area contributed by atoms with E-state index in [2.05, 4.69) is 135 Å². The number of carbonyl (C=O) groups is 9. The van der Waals surface area contributed by atoms with Crippen molar-refractivity contribution in [2.75, 3.05) is 19.6 Å². The van der Waals surface area contributed by atoms with Crippen LogP contribution in [-0.2, 0) is 106 Å². The van der Waals surface area contributed by atoms with Crippen LogP contribution in [0.2, 0.25) is 0 Å². The van der Waals surface area contributed by atoms with Crippen LogP contribution >= 0.6 is 37.2 Å². The molecule has 612 valence electrons. The molecule has 32 heteroatoms. The van der Waals surface area contributed by atoms with Gasteiger partial charge in [-0.2, -0.15) is 14.7 Å². The van der Waals surface area contributed by atoms with Crippen molar-refractivity contribution in [3.8, 4) is 0 Å². The maximum Gasteiger partial charge on any atom is 1.00 e. The monoisotopic (exact) mass is 1800 g/mol. The number of amides is 1. The van der Waals surface area contributed by atoms with E-state index in [4.69, 9.17) is 73.0 Å². The number of esters is 3. The normalized spacial score (nSPS) is 16.1. The average Bonchev–Trinajstić information content (AvgIpc) is 0.873. The van der Waals surface area contributed by atoms with Gasteiger partial charge in [-0.15, -0.1) is 0 Å². The molecule has 3 saturated heterocycles. The van der Waals surface area contributed by atoms with Gasteiger partial charge in [-0.25, -0.2) is 28.8 Å². The molecule has 3 heterocycles. The summed E-state index contributed by atoms with van der Waals surface area (Å²) in [6, 6.07) is 59.5. The fraction of sp³-hybridized carbons (Fsp3) is 0.438. The minimum atomic E-state index is -1.82. The summed E-state index contributed by atoms with van der Waals surface area (Å²) in [4.78, 5) is 126. The third kappa shape index (κ3) is 52.5. The van der Waals surface area contributed by atoms with E-state index in [9.17, 15) is 28.8 Å². The molecule has 6 aromatic rings. The average molecular weight is 1800 g/mol. The molecule has 0 bridgehead atoms. The van der Waals surface area contributed by atoms with Gasteiger partial charge in [-0.1, -0.05) is 214 Å². The Balaban J connectivity index is -0.000000652. The summed E-state index contributed by atoms with van der Waals surface area (Å²) < 4.78 is 35.8. The van der Waals surface area contributed by atoms with Crippen LogP contribution in [-0.4, -0.2) is 124 Å². The number of hydrogen-bond donors (Lipinski definition) is 7. The molecule has 112 heavy (non-hydrogen) atoms. The standard InChI is InChI=1S/C25H31NO4.2C20H23NO2.C10H18O5.C2H2O4.CH2O3.2CH4.I2.3HNO.Na/c1-25(2,3)30-24(28)26-17-21(16-19-10-6-4-7-11-19)14-15-22(26)23(27)29-18-20-12-8-5-9-13-20;2*22-20(23-15-17-9-5-2-6-10-17)19-12-11-18(14-21-19)13-16-7-3-1-4-8-16;1-9(2,3)14-7(11)13-8(12)15-10(4,5)6;3-1(4)2(5)6;2-1-4-3;;;4*1-2;/h4-13,21-22H,14-18H2,1-3H3;2*1-10,18-19,21H,11-15H2;1-6H3;(H,3,4)(H,5,6);1,3H;2*1H4;;3*1H;/q;;;;;;;;;;;;+1/p-1/t21-,22-;2*18-,19-;;;;;;;;;;/m000........../s1. The van der Waals surface area contributed by atoms with Gasteiger partial charge >= 0.3 is 77.8 Å². The predicted octanol–water partition coefficient (Wildman–Crippen LogP) is 13.2. The number of nitrogens with zero attached hydrogens (tertiary/aromatic N) is 1. The minimum Gasteiger partial charge on any atom is -0.662 e. The van der Waals surface area contributed by atoms with E-state index in [1.54, 1.807) is 46.4 Å². The van der Waals surface area contributed by atoms with E-state index in [-0.39, 0.29) is 93.4 Å². The molecule has 0 unspecified atom stereocenters. The number of piperidine rings is 3. The van der Waals surface area contributed by atoms with Gasteiger partial charge in [-0.3, -0.25) is 19.3 Å². The van der Waals surface area contributed by atoms with Crippen LogP contribution < -0.4 is 45.4 Å². The number of benzene rings is 6.